The van der Waals surface area contributed by atoms with Gasteiger partial charge in [0.15, 0.2) is 5.11 Å². The van der Waals surface area contributed by atoms with Crippen molar-refractivity contribution < 1.29 is 4.74 Å². The molecule has 3 rings (SSSR count). The van der Waals surface area contributed by atoms with E-state index in [0.29, 0.717) is 10.7 Å². The number of hydrogen-bond acceptors (Lipinski definition) is 4. The van der Waals surface area contributed by atoms with Gasteiger partial charge in [-0.25, -0.2) is 0 Å². The van der Waals surface area contributed by atoms with Gasteiger partial charge in [-0.3, -0.25) is 0 Å². The van der Waals surface area contributed by atoms with Crippen molar-refractivity contribution in [2.45, 2.75) is 0 Å². The van der Waals surface area contributed by atoms with E-state index in [-0.39, 0.29) is 0 Å². The summed E-state index contributed by atoms with van der Waals surface area (Å²) in [7, 11) is 1.65. The molecular formula is C19H20N4OS. The number of anilines is 2. The Morgan fingerprint density at radius 3 is 2.60 bits per heavy atom. The smallest absolute Gasteiger partial charge is 0.173 e. The Labute approximate surface area is 153 Å². The van der Waals surface area contributed by atoms with E-state index < -0.39 is 0 Å². The van der Waals surface area contributed by atoms with Gasteiger partial charge in [-0.05, 0) is 36.5 Å². The van der Waals surface area contributed by atoms with Gasteiger partial charge in [-0.2, -0.15) is 5.26 Å². The number of para-hydroxylation sites is 1. The van der Waals surface area contributed by atoms with Crippen molar-refractivity contribution in [3.63, 3.8) is 0 Å². The molecular weight excluding hydrogens is 332 g/mol. The predicted octanol–water partition coefficient (Wildman–Crippen LogP) is 3.09. The first-order valence-corrected chi connectivity index (χ1v) is 8.56. The van der Waals surface area contributed by atoms with Gasteiger partial charge in [-0.1, -0.05) is 18.2 Å². The largest absolute Gasteiger partial charge is 0.497 e. The summed E-state index contributed by atoms with van der Waals surface area (Å²) in [5, 5.41) is 13.2. The molecule has 0 atom stereocenters. The average molecular weight is 352 g/mol. The van der Waals surface area contributed by atoms with Crippen LogP contribution in [0.25, 0.3) is 0 Å². The molecule has 2 aromatic rings. The number of rotatable bonds is 3. The molecule has 128 valence electrons. The number of nitriles is 1. The summed E-state index contributed by atoms with van der Waals surface area (Å²) in [6, 6.07) is 17.7. The molecule has 5 nitrogen and oxygen atoms in total. The maximum atomic E-state index is 9.27. The minimum absolute atomic E-state index is 0.710. The number of nitrogens with one attached hydrogen (secondary N) is 1. The summed E-state index contributed by atoms with van der Waals surface area (Å²) < 4.78 is 5.24. The third-order valence-corrected chi connectivity index (χ3v) is 4.61. The van der Waals surface area contributed by atoms with E-state index in [1.807, 2.05) is 48.5 Å². The monoisotopic (exact) mass is 352 g/mol. The van der Waals surface area contributed by atoms with Gasteiger partial charge in [0, 0.05) is 37.9 Å². The molecule has 0 unspecified atom stereocenters. The fourth-order valence-electron chi connectivity index (χ4n) is 2.90. The number of thiocarbonyl (C=S) groups is 1. The molecule has 1 fully saturated rings. The van der Waals surface area contributed by atoms with Crippen LogP contribution in [-0.2, 0) is 0 Å². The number of ether oxygens (including phenoxy) is 1. The van der Waals surface area contributed by atoms with E-state index in [0.717, 1.165) is 43.3 Å². The second-order valence-corrected chi connectivity index (χ2v) is 6.15. The highest BCUT2D eigenvalue weighted by molar-refractivity contribution is 7.80. The van der Waals surface area contributed by atoms with Crippen LogP contribution >= 0.6 is 12.2 Å². The first-order valence-electron chi connectivity index (χ1n) is 8.15. The van der Waals surface area contributed by atoms with Crippen LogP contribution in [0.3, 0.4) is 0 Å². The molecule has 1 aliphatic heterocycles. The van der Waals surface area contributed by atoms with E-state index in [9.17, 15) is 5.26 Å². The normalized spacial score (nSPS) is 13.9. The topological polar surface area (TPSA) is 51.5 Å². The molecule has 25 heavy (non-hydrogen) atoms. The van der Waals surface area contributed by atoms with Crippen molar-refractivity contribution in [1.82, 2.24) is 4.90 Å². The highest BCUT2D eigenvalue weighted by Gasteiger charge is 2.20. The van der Waals surface area contributed by atoms with Gasteiger partial charge in [-0.15, -0.1) is 0 Å². The lowest BCUT2D eigenvalue weighted by atomic mass is 10.1. The van der Waals surface area contributed by atoms with Gasteiger partial charge < -0.3 is 19.9 Å². The Balaban J connectivity index is 1.60. The van der Waals surface area contributed by atoms with Gasteiger partial charge in [0.25, 0.3) is 0 Å². The van der Waals surface area contributed by atoms with E-state index >= 15 is 0 Å². The van der Waals surface area contributed by atoms with Gasteiger partial charge in [0.05, 0.1) is 18.4 Å². The number of hydrogen-bond donors (Lipinski definition) is 1. The molecule has 1 N–H and O–H groups in total. The highest BCUT2D eigenvalue weighted by atomic mass is 32.1. The molecule has 0 aromatic heterocycles. The van der Waals surface area contributed by atoms with Crippen molar-refractivity contribution in [3.8, 4) is 11.8 Å². The van der Waals surface area contributed by atoms with Crippen LogP contribution in [0.5, 0.6) is 5.75 Å². The lowest BCUT2D eigenvalue weighted by Gasteiger charge is -2.37. The zero-order valence-electron chi connectivity index (χ0n) is 14.1. The Kier molecular flexibility index (Phi) is 5.36. The van der Waals surface area contributed by atoms with Gasteiger partial charge in [0.2, 0.25) is 0 Å². The summed E-state index contributed by atoms with van der Waals surface area (Å²) in [5.74, 6) is 0.797. The molecule has 0 amide bonds. The summed E-state index contributed by atoms with van der Waals surface area (Å²) in [4.78, 5) is 4.39. The standard InChI is InChI=1S/C19H20N4OS/c1-24-17-7-4-6-16(13-17)21-19(25)23-11-9-22(10-12-23)18-8-3-2-5-15(18)14-20/h2-8,13H,9-12H2,1H3,(H,21,25). The number of nitrogens with zero attached hydrogens (tertiary/aromatic N) is 3. The van der Waals surface area contributed by atoms with Crippen molar-refractivity contribution in [2.75, 3.05) is 43.5 Å². The van der Waals surface area contributed by atoms with Crippen LogP contribution in [0.2, 0.25) is 0 Å². The predicted molar refractivity (Wildman–Crippen MR) is 104 cm³/mol. The van der Waals surface area contributed by atoms with Crippen LogP contribution in [0.15, 0.2) is 48.5 Å². The minimum atomic E-state index is 0.710. The maximum absolute atomic E-state index is 9.27. The molecule has 1 heterocycles. The SMILES string of the molecule is COc1cccc(NC(=S)N2CCN(c3ccccc3C#N)CC2)c1. The van der Waals surface area contributed by atoms with E-state index in [1.54, 1.807) is 7.11 Å². The van der Waals surface area contributed by atoms with Crippen molar-refractivity contribution in [3.05, 3.63) is 54.1 Å². The molecule has 0 radical (unpaired) electrons. The molecule has 0 aliphatic carbocycles. The Morgan fingerprint density at radius 2 is 1.88 bits per heavy atom. The fourth-order valence-corrected chi connectivity index (χ4v) is 3.20. The average Bonchev–Trinajstić information content (AvgIpc) is 2.68. The lowest BCUT2D eigenvalue weighted by Crippen LogP contribution is -2.50. The fraction of sp³-hybridized carbons (Fsp3) is 0.263. The lowest BCUT2D eigenvalue weighted by molar-refractivity contribution is 0.390. The molecule has 0 saturated carbocycles. The minimum Gasteiger partial charge on any atom is -0.497 e. The maximum Gasteiger partial charge on any atom is 0.173 e. The second kappa shape index (κ2) is 7.86. The third-order valence-electron chi connectivity index (χ3n) is 4.25. The van der Waals surface area contributed by atoms with Crippen LogP contribution < -0.4 is 15.0 Å². The zero-order chi connectivity index (χ0) is 17.6. The number of piperazine rings is 1. The van der Waals surface area contributed by atoms with Crippen molar-refractivity contribution in [2.24, 2.45) is 0 Å². The van der Waals surface area contributed by atoms with Crippen molar-refractivity contribution >= 4 is 28.7 Å². The van der Waals surface area contributed by atoms with E-state index in [2.05, 4.69) is 21.2 Å². The van der Waals surface area contributed by atoms with E-state index in [1.165, 1.54) is 0 Å². The van der Waals surface area contributed by atoms with Gasteiger partial charge in [0.1, 0.15) is 11.8 Å². The molecule has 0 spiro atoms. The summed E-state index contributed by atoms with van der Waals surface area (Å²) in [5.41, 5.74) is 2.63. The quantitative estimate of drug-likeness (QED) is 0.857. The Hall–Kier alpha value is -2.78. The highest BCUT2D eigenvalue weighted by Crippen LogP contribution is 2.22. The first kappa shape index (κ1) is 17.1. The Bertz CT molecular complexity index is 794. The van der Waals surface area contributed by atoms with Crippen LogP contribution in [0.4, 0.5) is 11.4 Å². The first-order chi connectivity index (χ1) is 12.2. The molecule has 1 saturated heterocycles. The van der Waals surface area contributed by atoms with Crippen molar-refractivity contribution in [1.29, 1.82) is 5.26 Å². The zero-order valence-corrected chi connectivity index (χ0v) is 14.9. The second-order valence-electron chi connectivity index (χ2n) is 5.77. The van der Waals surface area contributed by atoms with Crippen LogP contribution in [-0.4, -0.2) is 43.3 Å². The molecule has 2 aromatic carbocycles. The Morgan fingerprint density at radius 1 is 1.12 bits per heavy atom. The number of benzene rings is 2. The van der Waals surface area contributed by atoms with E-state index in [4.69, 9.17) is 17.0 Å². The van der Waals surface area contributed by atoms with Crippen LogP contribution in [0, 0.1) is 11.3 Å². The summed E-state index contributed by atoms with van der Waals surface area (Å²) >= 11 is 5.54. The molecule has 1 aliphatic rings. The summed E-state index contributed by atoms with van der Waals surface area (Å²) in [6.45, 7) is 3.29. The number of methoxy groups -OCH3 is 1. The summed E-state index contributed by atoms with van der Waals surface area (Å²) in [6.07, 6.45) is 0. The van der Waals surface area contributed by atoms with Crippen LogP contribution in [0.1, 0.15) is 5.56 Å². The molecule has 0 bridgehead atoms. The van der Waals surface area contributed by atoms with Gasteiger partial charge >= 0.3 is 0 Å². The third kappa shape index (κ3) is 4.01. The molecule has 6 heteroatoms.